The quantitative estimate of drug-likeness (QED) is 0.810. The van der Waals surface area contributed by atoms with Crippen molar-refractivity contribution < 1.29 is 9.53 Å². The van der Waals surface area contributed by atoms with Crippen molar-refractivity contribution in [1.82, 2.24) is 4.90 Å². The number of nitrogens with two attached hydrogens (primary N) is 1. The molecule has 0 saturated carbocycles. The average Bonchev–Trinajstić information content (AvgIpc) is 2.39. The fourth-order valence-electron chi connectivity index (χ4n) is 1.98. The van der Waals surface area contributed by atoms with Crippen LogP contribution in [0.4, 0.5) is 0 Å². The van der Waals surface area contributed by atoms with Crippen LogP contribution < -0.4 is 5.73 Å². The van der Waals surface area contributed by atoms with Crippen LogP contribution in [0.5, 0.6) is 0 Å². The van der Waals surface area contributed by atoms with E-state index in [4.69, 9.17) is 10.5 Å². The zero-order chi connectivity index (χ0) is 14.3. The maximum Gasteiger partial charge on any atom is 0.240 e. The molecular formula is C15H24N2O2. The molecule has 4 nitrogen and oxygen atoms in total. The molecule has 4 heteroatoms. The van der Waals surface area contributed by atoms with Gasteiger partial charge in [0.1, 0.15) is 0 Å². The first-order valence-electron chi connectivity index (χ1n) is 6.65. The SMILES string of the molecule is COCCN(C(=O)[C@H](N)Cc1ccccc1)C(C)C. The minimum absolute atomic E-state index is 0.0177. The standard InChI is InChI=1S/C15H24N2O2/c1-12(2)17(9-10-19-3)15(18)14(16)11-13-7-5-4-6-8-13/h4-8,12,14H,9-11,16H2,1-3H3/t14-/m1/s1. The highest BCUT2D eigenvalue weighted by molar-refractivity contribution is 5.82. The molecule has 0 fully saturated rings. The number of amides is 1. The van der Waals surface area contributed by atoms with Crippen LogP contribution in [0.1, 0.15) is 19.4 Å². The van der Waals surface area contributed by atoms with Crippen molar-refractivity contribution in [1.29, 1.82) is 0 Å². The summed E-state index contributed by atoms with van der Waals surface area (Å²) < 4.78 is 5.04. The minimum Gasteiger partial charge on any atom is -0.383 e. The van der Waals surface area contributed by atoms with Crippen LogP contribution in [0.2, 0.25) is 0 Å². The molecule has 0 aliphatic heterocycles. The van der Waals surface area contributed by atoms with Crippen LogP contribution in [0.25, 0.3) is 0 Å². The third kappa shape index (κ3) is 5.01. The second-order valence-electron chi connectivity index (χ2n) is 4.91. The summed E-state index contributed by atoms with van der Waals surface area (Å²) in [6, 6.07) is 9.47. The van der Waals surface area contributed by atoms with Crippen molar-refractivity contribution in [3.8, 4) is 0 Å². The van der Waals surface area contributed by atoms with Gasteiger partial charge in [0.15, 0.2) is 0 Å². The summed E-state index contributed by atoms with van der Waals surface area (Å²) in [7, 11) is 1.63. The molecule has 106 valence electrons. The van der Waals surface area contributed by atoms with E-state index in [0.717, 1.165) is 5.56 Å². The molecule has 1 atom stereocenters. The Kier molecular flexibility index (Phi) is 6.53. The van der Waals surface area contributed by atoms with E-state index in [-0.39, 0.29) is 11.9 Å². The molecule has 0 bridgehead atoms. The number of nitrogens with zero attached hydrogens (tertiary/aromatic N) is 1. The van der Waals surface area contributed by atoms with Gasteiger partial charge in [-0.25, -0.2) is 0 Å². The van der Waals surface area contributed by atoms with E-state index in [2.05, 4.69) is 0 Å². The first kappa shape index (κ1) is 15.7. The van der Waals surface area contributed by atoms with Gasteiger partial charge in [-0.1, -0.05) is 30.3 Å². The summed E-state index contributed by atoms with van der Waals surface area (Å²) in [4.78, 5) is 14.1. The van der Waals surface area contributed by atoms with Crippen LogP contribution in [-0.2, 0) is 16.0 Å². The predicted octanol–water partition coefficient (Wildman–Crippen LogP) is 1.44. The van der Waals surface area contributed by atoms with Gasteiger partial charge in [-0.3, -0.25) is 4.79 Å². The lowest BCUT2D eigenvalue weighted by atomic mass is 10.1. The van der Waals surface area contributed by atoms with Gasteiger partial charge in [0.25, 0.3) is 0 Å². The largest absolute Gasteiger partial charge is 0.383 e. The third-order valence-electron chi connectivity index (χ3n) is 3.06. The highest BCUT2D eigenvalue weighted by Gasteiger charge is 2.23. The maximum absolute atomic E-state index is 12.3. The molecule has 2 N–H and O–H groups in total. The van der Waals surface area contributed by atoms with E-state index < -0.39 is 6.04 Å². The fourth-order valence-corrected chi connectivity index (χ4v) is 1.98. The molecule has 1 rings (SSSR count). The van der Waals surface area contributed by atoms with Gasteiger partial charge in [0.2, 0.25) is 5.91 Å². The first-order chi connectivity index (χ1) is 9.06. The molecular weight excluding hydrogens is 240 g/mol. The Morgan fingerprint density at radius 3 is 2.47 bits per heavy atom. The molecule has 0 radical (unpaired) electrons. The molecule has 0 aliphatic carbocycles. The predicted molar refractivity (Wildman–Crippen MR) is 76.8 cm³/mol. The fraction of sp³-hybridized carbons (Fsp3) is 0.533. The molecule has 0 heterocycles. The van der Waals surface area contributed by atoms with Crippen LogP contribution >= 0.6 is 0 Å². The van der Waals surface area contributed by atoms with Gasteiger partial charge < -0.3 is 15.4 Å². The van der Waals surface area contributed by atoms with E-state index in [9.17, 15) is 4.79 Å². The van der Waals surface area contributed by atoms with E-state index in [1.54, 1.807) is 12.0 Å². The van der Waals surface area contributed by atoms with E-state index in [1.807, 2.05) is 44.2 Å². The minimum atomic E-state index is -0.498. The Hall–Kier alpha value is -1.39. The van der Waals surface area contributed by atoms with Crippen molar-refractivity contribution in [2.75, 3.05) is 20.3 Å². The van der Waals surface area contributed by atoms with Gasteiger partial charge in [0, 0.05) is 19.7 Å². The second-order valence-corrected chi connectivity index (χ2v) is 4.91. The lowest BCUT2D eigenvalue weighted by molar-refractivity contribution is -0.135. The van der Waals surface area contributed by atoms with E-state index in [1.165, 1.54) is 0 Å². The highest BCUT2D eigenvalue weighted by atomic mass is 16.5. The molecule has 0 aliphatic rings. The normalized spacial score (nSPS) is 12.5. The summed E-state index contributed by atoms with van der Waals surface area (Å²) in [5, 5.41) is 0. The lowest BCUT2D eigenvalue weighted by Gasteiger charge is -2.29. The van der Waals surface area contributed by atoms with Gasteiger partial charge in [0.05, 0.1) is 12.6 Å². The van der Waals surface area contributed by atoms with Crippen molar-refractivity contribution in [3.63, 3.8) is 0 Å². The first-order valence-corrected chi connectivity index (χ1v) is 6.65. The lowest BCUT2D eigenvalue weighted by Crippen LogP contribution is -2.49. The molecule has 1 aromatic rings. The molecule has 19 heavy (non-hydrogen) atoms. The average molecular weight is 264 g/mol. The zero-order valence-electron chi connectivity index (χ0n) is 12.0. The monoisotopic (exact) mass is 264 g/mol. The van der Waals surface area contributed by atoms with E-state index >= 15 is 0 Å². The Balaban J connectivity index is 2.63. The van der Waals surface area contributed by atoms with Crippen molar-refractivity contribution >= 4 is 5.91 Å². The summed E-state index contributed by atoms with van der Waals surface area (Å²) in [6.45, 7) is 5.09. The third-order valence-corrected chi connectivity index (χ3v) is 3.06. The van der Waals surface area contributed by atoms with Crippen LogP contribution in [0.15, 0.2) is 30.3 Å². The van der Waals surface area contributed by atoms with Gasteiger partial charge >= 0.3 is 0 Å². The van der Waals surface area contributed by atoms with Gasteiger partial charge in [-0.2, -0.15) is 0 Å². The second kappa shape index (κ2) is 7.92. The number of ether oxygens (including phenoxy) is 1. The van der Waals surface area contributed by atoms with Gasteiger partial charge in [-0.15, -0.1) is 0 Å². The van der Waals surface area contributed by atoms with Crippen molar-refractivity contribution in [2.24, 2.45) is 5.73 Å². The molecule has 0 aromatic heterocycles. The molecule has 0 unspecified atom stereocenters. The molecule has 0 spiro atoms. The smallest absolute Gasteiger partial charge is 0.240 e. The summed E-state index contributed by atoms with van der Waals surface area (Å²) in [5.41, 5.74) is 7.11. The van der Waals surface area contributed by atoms with Crippen LogP contribution in [0, 0.1) is 0 Å². The summed E-state index contributed by atoms with van der Waals surface area (Å²) in [5.74, 6) is -0.0177. The number of carbonyl (C=O) groups excluding carboxylic acids is 1. The van der Waals surface area contributed by atoms with Gasteiger partial charge in [-0.05, 0) is 25.8 Å². The zero-order valence-corrected chi connectivity index (χ0v) is 12.0. The number of rotatable bonds is 7. The Labute approximate surface area is 115 Å². The van der Waals surface area contributed by atoms with E-state index in [0.29, 0.717) is 19.6 Å². The Morgan fingerprint density at radius 1 is 1.32 bits per heavy atom. The Bertz CT molecular complexity index is 379. The number of hydrogen-bond donors (Lipinski definition) is 1. The number of benzene rings is 1. The van der Waals surface area contributed by atoms with Crippen molar-refractivity contribution in [2.45, 2.75) is 32.4 Å². The van der Waals surface area contributed by atoms with Crippen LogP contribution in [0.3, 0.4) is 0 Å². The molecule has 1 amide bonds. The Morgan fingerprint density at radius 2 is 1.95 bits per heavy atom. The topological polar surface area (TPSA) is 55.6 Å². The highest BCUT2D eigenvalue weighted by Crippen LogP contribution is 2.07. The molecule has 0 saturated heterocycles. The summed E-state index contributed by atoms with van der Waals surface area (Å²) in [6.07, 6.45) is 0.565. The number of hydrogen-bond acceptors (Lipinski definition) is 3. The van der Waals surface area contributed by atoms with Crippen molar-refractivity contribution in [3.05, 3.63) is 35.9 Å². The summed E-state index contributed by atoms with van der Waals surface area (Å²) >= 11 is 0. The molecule has 1 aromatic carbocycles. The van der Waals surface area contributed by atoms with Crippen LogP contribution in [-0.4, -0.2) is 43.2 Å². The number of carbonyl (C=O) groups is 1. The number of methoxy groups -OCH3 is 1. The maximum atomic E-state index is 12.3.